The van der Waals surface area contributed by atoms with E-state index in [-0.39, 0.29) is 12.1 Å². The van der Waals surface area contributed by atoms with Gasteiger partial charge >= 0.3 is 0 Å². The Bertz CT molecular complexity index is 1060. The third-order valence-electron chi connectivity index (χ3n) is 5.50. The molecular weight excluding hydrogens is 423 g/mol. The summed E-state index contributed by atoms with van der Waals surface area (Å²) in [5.41, 5.74) is 5.26. The zero-order chi connectivity index (χ0) is 20.7. The van der Waals surface area contributed by atoms with Crippen LogP contribution in [0.15, 0.2) is 48.7 Å². The second kappa shape index (κ2) is 7.98. The van der Waals surface area contributed by atoms with Gasteiger partial charge in [-0.2, -0.15) is 0 Å². The minimum Gasteiger partial charge on any atom is -0.352 e. The van der Waals surface area contributed by atoms with Crippen molar-refractivity contribution in [2.75, 3.05) is 6.54 Å². The number of hydrogen-bond donors (Lipinski definition) is 1. The maximum absolute atomic E-state index is 6.54. The molecule has 1 aliphatic heterocycles. The molecule has 7 heteroatoms. The van der Waals surface area contributed by atoms with Crippen molar-refractivity contribution in [2.24, 2.45) is 0 Å². The fourth-order valence-electron chi connectivity index (χ4n) is 4.21. The maximum atomic E-state index is 6.54. The quantitative estimate of drug-likeness (QED) is 0.516. The molecule has 1 fully saturated rings. The van der Waals surface area contributed by atoms with Crippen LogP contribution in [-0.4, -0.2) is 26.1 Å². The second-order valence-electron chi connectivity index (χ2n) is 7.15. The Labute approximate surface area is 186 Å². The number of halogens is 2. The molecule has 150 valence electrons. The van der Waals surface area contributed by atoms with E-state index in [1.807, 2.05) is 36.5 Å². The van der Waals surface area contributed by atoms with Crippen molar-refractivity contribution in [1.29, 1.82) is 0 Å². The number of aryl methyl sites for hydroxylation is 1. The molecule has 2 atom stereocenters. The largest absolute Gasteiger partial charge is 0.352 e. The van der Waals surface area contributed by atoms with E-state index in [1.54, 1.807) is 6.07 Å². The Morgan fingerprint density at radius 1 is 1.14 bits per heavy atom. The van der Waals surface area contributed by atoms with Crippen molar-refractivity contribution in [2.45, 2.75) is 32.9 Å². The van der Waals surface area contributed by atoms with Gasteiger partial charge in [0.1, 0.15) is 0 Å². The summed E-state index contributed by atoms with van der Waals surface area (Å²) in [6.45, 7) is 7.13. The van der Waals surface area contributed by atoms with Crippen LogP contribution < -0.4 is 5.32 Å². The molecular formula is C22H22Cl2N4S. The number of likely N-dealkylation sites (N-methyl/N-ethyl adjacent to an activating group) is 1. The number of benzene rings is 1. The van der Waals surface area contributed by atoms with Crippen LogP contribution in [0.5, 0.6) is 0 Å². The van der Waals surface area contributed by atoms with Gasteiger partial charge in [-0.15, -0.1) is 0 Å². The smallest absolute Gasteiger partial charge is 0.170 e. The molecule has 1 saturated heterocycles. The van der Waals surface area contributed by atoms with E-state index in [2.05, 4.69) is 46.6 Å². The first-order valence-electron chi connectivity index (χ1n) is 9.55. The molecule has 0 amide bonds. The molecule has 4 nitrogen and oxygen atoms in total. The molecule has 0 bridgehead atoms. The molecule has 3 heterocycles. The van der Waals surface area contributed by atoms with Crippen LogP contribution in [0.4, 0.5) is 0 Å². The van der Waals surface area contributed by atoms with Gasteiger partial charge in [0.15, 0.2) is 5.11 Å². The lowest BCUT2D eigenvalue weighted by Crippen LogP contribution is -2.29. The Balaban J connectivity index is 1.86. The van der Waals surface area contributed by atoms with Crippen molar-refractivity contribution in [1.82, 2.24) is 19.8 Å². The maximum Gasteiger partial charge on any atom is 0.170 e. The highest BCUT2D eigenvalue weighted by molar-refractivity contribution is 7.80. The van der Waals surface area contributed by atoms with Crippen molar-refractivity contribution in [3.8, 4) is 5.69 Å². The number of nitrogens with one attached hydrogen (secondary N) is 1. The van der Waals surface area contributed by atoms with Gasteiger partial charge in [-0.05, 0) is 68.9 Å². The Kier molecular flexibility index (Phi) is 5.56. The first kappa shape index (κ1) is 20.2. The van der Waals surface area contributed by atoms with Crippen molar-refractivity contribution in [3.05, 3.63) is 81.4 Å². The van der Waals surface area contributed by atoms with E-state index in [0.29, 0.717) is 10.0 Å². The topological polar surface area (TPSA) is 33.1 Å². The Morgan fingerprint density at radius 2 is 1.93 bits per heavy atom. The van der Waals surface area contributed by atoms with E-state index >= 15 is 0 Å². The first-order chi connectivity index (χ1) is 13.9. The first-order valence-corrected chi connectivity index (χ1v) is 10.7. The summed E-state index contributed by atoms with van der Waals surface area (Å²) in [6, 6.07) is 13.9. The van der Waals surface area contributed by atoms with Gasteiger partial charge in [-0.1, -0.05) is 35.3 Å². The third-order valence-corrected chi connectivity index (χ3v) is 6.66. The van der Waals surface area contributed by atoms with Gasteiger partial charge < -0.3 is 14.8 Å². The lowest BCUT2D eigenvalue weighted by molar-refractivity contribution is 0.329. The summed E-state index contributed by atoms with van der Waals surface area (Å²) in [4.78, 5) is 6.81. The summed E-state index contributed by atoms with van der Waals surface area (Å²) in [6.07, 6.45) is 1.82. The van der Waals surface area contributed by atoms with Crippen LogP contribution in [0.1, 0.15) is 41.7 Å². The third kappa shape index (κ3) is 3.41. The summed E-state index contributed by atoms with van der Waals surface area (Å²) < 4.78 is 2.16. The Hall–Kier alpha value is -2.08. The van der Waals surface area contributed by atoms with Crippen molar-refractivity contribution in [3.63, 3.8) is 0 Å². The number of pyridine rings is 1. The van der Waals surface area contributed by atoms with E-state index in [9.17, 15) is 0 Å². The van der Waals surface area contributed by atoms with E-state index in [0.717, 1.165) is 34.4 Å². The van der Waals surface area contributed by atoms with Crippen LogP contribution in [0.2, 0.25) is 10.0 Å². The van der Waals surface area contributed by atoms with Crippen LogP contribution in [0, 0.1) is 13.8 Å². The minimum atomic E-state index is -0.0209. The highest BCUT2D eigenvalue weighted by atomic mass is 35.5. The number of hydrogen-bond acceptors (Lipinski definition) is 2. The number of aromatic nitrogens is 2. The van der Waals surface area contributed by atoms with Gasteiger partial charge in [0.25, 0.3) is 0 Å². The lowest BCUT2D eigenvalue weighted by atomic mass is 9.97. The molecule has 1 aromatic carbocycles. The molecule has 0 spiro atoms. The number of nitrogens with zero attached hydrogens (tertiary/aromatic N) is 3. The zero-order valence-corrected chi connectivity index (χ0v) is 18.8. The van der Waals surface area contributed by atoms with Crippen LogP contribution >= 0.6 is 35.4 Å². The number of thiocarbonyl (C=S) groups is 1. The summed E-state index contributed by atoms with van der Waals surface area (Å²) in [5, 5.41) is 5.32. The van der Waals surface area contributed by atoms with Crippen molar-refractivity contribution < 1.29 is 0 Å². The average Bonchev–Trinajstić information content (AvgIpc) is 3.20. The van der Waals surface area contributed by atoms with Crippen LogP contribution in [-0.2, 0) is 0 Å². The van der Waals surface area contributed by atoms with Crippen LogP contribution in [0.25, 0.3) is 5.69 Å². The molecule has 1 N–H and O–H groups in total. The summed E-state index contributed by atoms with van der Waals surface area (Å²) in [7, 11) is 0. The highest BCUT2D eigenvalue weighted by Crippen LogP contribution is 2.42. The standard InChI is InChI=1S/C22H22Cl2N4S/c1-4-27-21(20(26-22(27)29)17-9-5-6-11-25-17)15-12-13(2)28(14(15)3)18-10-7-8-16(23)19(18)24/h5-12,20-21H,4H2,1-3H3,(H,26,29)/t20-,21+/m1/s1. The van der Waals surface area contributed by atoms with E-state index in [4.69, 9.17) is 35.4 Å². The molecule has 2 aromatic heterocycles. The second-order valence-corrected chi connectivity index (χ2v) is 8.32. The predicted molar refractivity (Wildman–Crippen MR) is 123 cm³/mol. The van der Waals surface area contributed by atoms with Gasteiger partial charge in [0.2, 0.25) is 0 Å². The number of rotatable bonds is 4. The monoisotopic (exact) mass is 444 g/mol. The fourth-order valence-corrected chi connectivity index (χ4v) is 4.96. The molecule has 0 aliphatic carbocycles. The molecule has 3 aromatic rings. The summed E-state index contributed by atoms with van der Waals surface area (Å²) >= 11 is 18.5. The SMILES string of the molecule is CCN1C(=S)N[C@H](c2ccccn2)[C@@H]1c1cc(C)n(-c2cccc(Cl)c2Cl)c1C. The van der Waals surface area contributed by atoms with Gasteiger partial charge in [-0.3, -0.25) is 4.98 Å². The predicted octanol–water partition coefficient (Wildman–Crippen LogP) is 5.79. The fraction of sp³-hybridized carbons (Fsp3) is 0.273. The molecule has 0 saturated carbocycles. The molecule has 1 aliphatic rings. The molecule has 0 unspecified atom stereocenters. The van der Waals surface area contributed by atoms with E-state index in [1.165, 1.54) is 5.56 Å². The molecule has 29 heavy (non-hydrogen) atoms. The highest BCUT2D eigenvalue weighted by Gasteiger charge is 2.40. The molecule has 0 radical (unpaired) electrons. The Morgan fingerprint density at radius 3 is 2.62 bits per heavy atom. The summed E-state index contributed by atoms with van der Waals surface area (Å²) in [5.74, 6) is 0. The van der Waals surface area contributed by atoms with Gasteiger partial charge in [0.05, 0.1) is 33.5 Å². The van der Waals surface area contributed by atoms with Gasteiger partial charge in [-0.25, -0.2) is 0 Å². The van der Waals surface area contributed by atoms with Crippen LogP contribution in [0.3, 0.4) is 0 Å². The zero-order valence-electron chi connectivity index (χ0n) is 16.5. The van der Waals surface area contributed by atoms with Gasteiger partial charge in [0, 0.05) is 24.1 Å². The minimum absolute atomic E-state index is 0.0209. The average molecular weight is 445 g/mol. The molecule has 4 rings (SSSR count). The normalized spacial score (nSPS) is 18.9. The van der Waals surface area contributed by atoms with Crippen molar-refractivity contribution >= 4 is 40.5 Å². The lowest BCUT2D eigenvalue weighted by Gasteiger charge is -2.27. The van der Waals surface area contributed by atoms with E-state index < -0.39 is 0 Å².